The summed E-state index contributed by atoms with van der Waals surface area (Å²) in [5.41, 5.74) is -0.474. The van der Waals surface area contributed by atoms with E-state index in [2.05, 4.69) is 19.2 Å². The summed E-state index contributed by atoms with van der Waals surface area (Å²) >= 11 is 0. The van der Waals surface area contributed by atoms with Gasteiger partial charge >= 0.3 is 6.09 Å². The van der Waals surface area contributed by atoms with Gasteiger partial charge in [0.05, 0.1) is 25.4 Å². The number of hydrogen-bond acceptors (Lipinski definition) is 5. The largest absolute Gasteiger partial charge is 0.444 e. The Morgan fingerprint density at radius 3 is 2.71 bits per heavy atom. The van der Waals surface area contributed by atoms with Crippen molar-refractivity contribution in [3.05, 3.63) is 0 Å². The Kier molecular flexibility index (Phi) is 6.89. The molecular weight excluding hydrogens is 308 g/mol. The molecule has 0 aliphatic carbocycles. The van der Waals surface area contributed by atoms with Crippen molar-refractivity contribution in [1.82, 2.24) is 10.2 Å². The van der Waals surface area contributed by atoms with E-state index >= 15 is 0 Å². The minimum Gasteiger partial charge on any atom is -0.444 e. The Hall–Kier alpha value is -0.850. The van der Waals surface area contributed by atoms with E-state index < -0.39 is 5.60 Å². The summed E-state index contributed by atoms with van der Waals surface area (Å²) in [4.78, 5) is 14.3. The van der Waals surface area contributed by atoms with Crippen molar-refractivity contribution in [1.29, 1.82) is 0 Å². The molecule has 0 aromatic carbocycles. The molecule has 1 N–H and O–H groups in total. The number of hydrogen-bond donors (Lipinski definition) is 1. The van der Waals surface area contributed by atoms with E-state index in [1.165, 1.54) is 0 Å². The van der Waals surface area contributed by atoms with Crippen LogP contribution in [0.5, 0.6) is 0 Å². The van der Waals surface area contributed by atoms with Gasteiger partial charge in [0.25, 0.3) is 0 Å². The van der Waals surface area contributed by atoms with Crippen LogP contribution >= 0.6 is 0 Å². The third-order valence-corrected chi connectivity index (χ3v) is 4.55. The number of rotatable bonds is 5. The van der Waals surface area contributed by atoms with E-state index in [4.69, 9.17) is 14.2 Å². The molecule has 2 fully saturated rings. The molecule has 2 saturated heterocycles. The smallest absolute Gasteiger partial charge is 0.410 e. The lowest BCUT2D eigenvalue weighted by Gasteiger charge is -2.38. The predicted molar refractivity (Wildman–Crippen MR) is 93.2 cm³/mol. The van der Waals surface area contributed by atoms with E-state index in [1.54, 1.807) is 0 Å². The molecule has 0 aromatic heterocycles. The average molecular weight is 342 g/mol. The van der Waals surface area contributed by atoms with Gasteiger partial charge in [-0.05, 0) is 53.9 Å². The SMILES string of the molecule is C[C@H](C[C@@H]1COCCN1C(=O)OC(C)(C)C)N[C@@H](C)[C@@H]1CCCO1. The number of morpholine rings is 1. The summed E-state index contributed by atoms with van der Waals surface area (Å²) in [7, 11) is 0. The molecule has 2 rings (SSSR count). The molecule has 0 bridgehead atoms. The van der Waals surface area contributed by atoms with Crippen molar-refractivity contribution in [3.63, 3.8) is 0 Å². The van der Waals surface area contributed by atoms with Crippen LogP contribution < -0.4 is 5.32 Å². The van der Waals surface area contributed by atoms with Gasteiger partial charge < -0.3 is 24.4 Å². The van der Waals surface area contributed by atoms with Crippen LogP contribution in [0.2, 0.25) is 0 Å². The summed E-state index contributed by atoms with van der Waals surface area (Å²) in [6.07, 6.45) is 3.18. The van der Waals surface area contributed by atoms with Gasteiger partial charge in [-0.15, -0.1) is 0 Å². The van der Waals surface area contributed by atoms with Crippen molar-refractivity contribution < 1.29 is 19.0 Å². The number of carbonyl (C=O) groups is 1. The number of amides is 1. The highest BCUT2D eigenvalue weighted by Gasteiger charge is 2.32. The fraction of sp³-hybridized carbons (Fsp3) is 0.944. The molecule has 0 unspecified atom stereocenters. The first kappa shape index (κ1) is 19.5. The van der Waals surface area contributed by atoms with Gasteiger partial charge in [0.15, 0.2) is 0 Å². The van der Waals surface area contributed by atoms with Crippen LogP contribution in [-0.2, 0) is 14.2 Å². The monoisotopic (exact) mass is 342 g/mol. The predicted octanol–water partition coefficient (Wildman–Crippen LogP) is 2.56. The molecule has 1 amide bonds. The van der Waals surface area contributed by atoms with Crippen LogP contribution in [0.25, 0.3) is 0 Å². The van der Waals surface area contributed by atoms with Crippen molar-refractivity contribution in [2.45, 2.75) is 83.7 Å². The van der Waals surface area contributed by atoms with E-state index in [0.717, 1.165) is 25.9 Å². The molecule has 2 heterocycles. The molecule has 0 aromatic rings. The van der Waals surface area contributed by atoms with E-state index in [-0.39, 0.29) is 18.2 Å². The number of ether oxygens (including phenoxy) is 3. The number of nitrogens with zero attached hydrogens (tertiary/aromatic N) is 1. The fourth-order valence-electron chi connectivity index (χ4n) is 3.44. The molecular formula is C18H34N2O4. The molecule has 24 heavy (non-hydrogen) atoms. The zero-order valence-corrected chi connectivity index (χ0v) is 15.8. The standard InChI is InChI=1S/C18H34N2O4/c1-13(19-14(2)16-7-6-9-23-16)11-15-12-22-10-8-20(15)17(21)24-18(3,4)5/h13-16,19H,6-12H2,1-5H3/t13-,14+,15-,16+/m1/s1. The molecule has 0 spiro atoms. The average Bonchev–Trinajstić information content (AvgIpc) is 3.00. The third-order valence-electron chi connectivity index (χ3n) is 4.55. The molecule has 2 aliphatic heterocycles. The van der Waals surface area contributed by atoms with Gasteiger partial charge in [0.2, 0.25) is 0 Å². The lowest BCUT2D eigenvalue weighted by Crippen LogP contribution is -2.53. The number of nitrogens with one attached hydrogen (secondary N) is 1. The maximum Gasteiger partial charge on any atom is 0.410 e. The van der Waals surface area contributed by atoms with Crippen LogP contribution in [0.3, 0.4) is 0 Å². The molecule has 6 nitrogen and oxygen atoms in total. The second kappa shape index (κ2) is 8.50. The topological polar surface area (TPSA) is 60.0 Å². The molecule has 0 saturated carbocycles. The van der Waals surface area contributed by atoms with Crippen LogP contribution in [0.4, 0.5) is 4.79 Å². The summed E-state index contributed by atoms with van der Waals surface area (Å²) < 4.78 is 16.9. The molecule has 2 aliphatic rings. The maximum atomic E-state index is 12.4. The Morgan fingerprint density at radius 1 is 1.33 bits per heavy atom. The minimum absolute atomic E-state index is 0.0489. The van der Waals surface area contributed by atoms with Crippen LogP contribution in [0.1, 0.15) is 53.9 Å². The highest BCUT2D eigenvalue weighted by atomic mass is 16.6. The third kappa shape index (κ3) is 5.90. The van der Waals surface area contributed by atoms with E-state index in [1.807, 2.05) is 25.7 Å². The highest BCUT2D eigenvalue weighted by Crippen LogP contribution is 2.19. The summed E-state index contributed by atoms with van der Waals surface area (Å²) in [6.45, 7) is 12.6. The van der Waals surface area contributed by atoms with Crippen molar-refractivity contribution in [2.24, 2.45) is 0 Å². The Labute approximate surface area is 146 Å². The van der Waals surface area contributed by atoms with Crippen molar-refractivity contribution in [2.75, 3.05) is 26.4 Å². The lowest BCUT2D eigenvalue weighted by molar-refractivity contribution is -0.0361. The van der Waals surface area contributed by atoms with E-state index in [0.29, 0.717) is 31.9 Å². The molecule has 140 valence electrons. The maximum absolute atomic E-state index is 12.4. The second-order valence-electron chi connectivity index (χ2n) is 8.05. The fourth-order valence-corrected chi connectivity index (χ4v) is 3.44. The number of carbonyl (C=O) groups excluding carboxylic acids is 1. The summed E-state index contributed by atoms with van der Waals surface area (Å²) in [6, 6.07) is 0.649. The van der Waals surface area contributed by atoms with Gasteiger partial charge in [0, 0.05) is 25.2 Å². The zero-order valence-electron chi connectivity index (χ0n) is 15.8. The van der Waals surface area contributed by atoms with Crippen LogP contribution in [0, 0.1) is 0 Å². The second-order valence-corrected chi connectivity index (χ2v) is 8.05. The first-order valence-corrected chi connectivity index (χ1v) is 9.21. The Bertz CT molecular complexity index is 404. The van der Waals surface area contributed by atoms with E-state index in [9.17, 15) is 4.79 Å². The van der Waals surface area contributed by atoms with Gasteiger partial charge in [-0.3, -0.25) is 0 Å². The summed E-state index contributed by atoms with van der Waals surface area (Å²) in [5, 5.41) is 3.62. The Balaban J connectivity index is 1.86. The van der Waals surface area contributed by atoms with Crippen LogP contribution in [0.15, 0.2) is 0 Å². The zero-order chi connectivity index (χ0) is 17.7. The van der Waals surface area contributed by atoms with Gasteiger partial charge in [-0.25, -0.2) is 4.79 Å². The summed E-state index contributed by atoms with van der Waals surface area (Å²) in [5.74, 6) is 0. The first-order valence-electron chi connectivity index (χ1n) is 9.21. The normalized spacial score (nSPS) is 27.8. The minimum atomic E-state index is -0.474. The van der Waals surface area contributed by atoms with Crippen molar-refractivity contribution >= 4 is 6.09 Å². The van der Waals surface area contributed by atoms with Crippen molar-refractivity contribution in [3.8, 4) is 0 Å². The van der Waals surface area contributed by atoms with Gasteiger partial charge in [0.1, 0.15) is 5.60 Å². The van der Waals surface area contributed by atoms with Gasteiger partial charge in [-0.2, -0.15) is 0 Å². The van der Waals surface area contributed by atoms with Gasteiger partial charge in [-0.1, -0.05) is 0 Å². The molecule has 6 heteroatoms. The highest BCUT2D eigenvalue weighted by molar-refractivity contribution is 5.68. The lowest BCUT2D eigenvalue weighted by atomic mass is 10.0. The Morgan fingerprint density at radius 2 is 2.08 bits per heavy atom. The quantitative estimate of drug-likeness (QED) is 0.832. The molecule has 0 radical (unpaired) electrons. The van der Waals surface area contributed by atoms with Crippen LogP contribution in [-0.4, -0.2) is 67.2 Å². The molecule has 4 atom stereocenters. The first-order chi connectivity index (χ1) is 11.3.